The lowest BCUT2D eigenvalue weighted by atomic mass is 9.97. The molecule has 1 fully saturated rings. The number of aliphatic imine (C=N–C) groups is 1. The molecule has 0 spiro atoms. The van der Waals surface area contributed by atoms with Crippen molar-refractivity contribution in [1.29, 1.82) is 0 Å². The Kier molecular flexibility index (Phi) is 5.83. The molecule has 0 aromatic carbocycles. The predicted octanol–water partition coefficient (Wildman–Crippen LogP) is 4.72. The van der Waals surface area contributed by atoms with Gasteiger partial charge >= 0.3 is 0 Å². The standard InChI is InChI=1S/C19H24F2N2/c1-4-5-17(18(20)21)16(14-7-8-14)9-6-12(2)15-10-13(3)19(22)23-11-15/h5-6,9-11,14,18-19H,3-4,7-8,22H2,1-2H3/b12-6+,16-9-,17-5-. The number of hydrogen-bond donors (Lipinski definition) is 1. The Morgan fingerprint density at radius 1 is 1.43 bits per heavy atom. The molecule has 2 rings (SSSR count). The van der Waals surface area contributed by atoms with E-state index in [1.807, 2.05) is 32.1 Å². The topological polar surface area (TPSA) is 38.4 Å². The summed E-state index contributed by atoms with van der Waals surface area (Å²) in [6.07, 6.45) is 8.75. The summed E-state index contributed by atoms with van der Waals surface area (Å²) in [6.45, 7) is 7.69. The van der Waals surface area contributed by atoms with Crippen molar-refractivity contribution in [3.05, 3.63) is 58.7 Å². The van der Waals surface area contributed by atoms with Crippen LogP contribution in [0.4, 0.5) is 8.78 Å². The zero-order valence-corrected chi connectivity index (χ0v) is 13.7. The summed E-state index contributed by atoms with van der Waals surface area (Å²) in [4.78, 5) is 4.17. The van der Waals surface area contributed by atoms with Crippen LogP contribution in [0.25, 0.3) is 0 Å². The molecular weight excluding hydrogens is 294 g/mol. The number of hydrogen-bond acceptors (Lipinski definition) is 2. The molecule has 124 valence electrons. The summed E-state index contributed by atoms with van der Waals surface area (Å²) >= 11 is 0. The van der Waals surface area contributed by atoms with E-state index in [4.69, 9.17) is 5.73 Å². The first-order chi connectivity index (χ1) is 10.9. The van der Waals surface area contributed by atoms with Crippen LogP contribution in [0.1, 0.15) is 33.1 Å². The highest BCUT2D eigenvalue weighted by Crippen LogP contribution is 2.42. The fourth-order valence-electron chi connectivity index (χ4n) is 2.52. The third-order valence-corrected chi connectivity index (χ3v) is 4.07. The van der Waals surface area contributed by atoms with Gasteiger partial charge in [-0.15, -0.1) is 0 Å². The van der Waals surface area contributed by atoms with Crippen molar-refractivity contribution in [2.24, 2.45) is 16.6 Å². The summed E-state index contributed by atoms with van der Waals surface area (Å²) in [6, 6.07) is 0. The molecule has 1 aliphatic heterocycles. The minimum absolute atomic E-state index is 0.178. The van der Waals surface area contributed by atoms with Crippen molar-refractivity contribution in [2.45, 2.75) is 45.7 Å². The number of allylic oxidation sites excluding steroid dienone is 7. The van der Waals surface area contributed by atoms with E-state index in [0.717, 1.165) is 35.1 Å². The van der Waals surface area contributed by atoms with Crippen LogP contribution in [0, 0.1) is 5.92 Å². The number of halogens is 2. The number of nitrogens with two attached hydrogens (primary N) is 1. The van der Waals surface area contributed by atoms with Gasteiger partial charge in [0.1, 0.15) is 6.17 Å². The van der Waals surface area contributed by atoms with Gasteiger partial charge in [0.25, 0.3) is 6.43 Å². The van der Waals surface area contributed by atoms with Gasteiger partial charge in [-0.2, -0.15) is 0 Å². The lowest BCUT2D eigenvalue weighted by Gasteiger charge is -2.14. The molecule has 23 heavy (non-hydrogen) atoms. The molecule has 0 aromatic heterocycles. The Hall–Kier alpha value is -1.81. The van der Waals surface area contributed by atoms with Crippen LogP contribution in [0.15, 0.2) is 63.7 Å². The van der Waals surface area contributed by atoms with E-state index < -0.39 is 6.43 Å². The third kappa shape index (κ3) is 4.58. The van der Waals surface area contributed by atoms with Crippen LogP contribution in [0.3, 0.4) is 0 Å². The lowest BCUT2D eigenvalue weighted by Crippen LogP contribution is -2.21. The van der Waals surface area contributed by atoms with E-state index in [-0.39, 0.29) is 17.7 Å². The van der Waals surface area contributed by atoms with Gasteiger partial charge in [0, 0.05) is 11.8 Å². The van der Waals surface area contributed by atoms with E-state index in [0.29, 0.717) is 6.42 Å². The first-order valence-electron chi connectivity index (χ1n) is 8.00. The maximum atomic E-state index is 13.3. The molecule has 4 heteroatoms. The Labute approximate surface area is 136 Å². The van der Waals surface area contributed by atoms with Crippen molar-refractivity contribution >= 4 is 6.21 Å². The Morgan fingerprint density at radius 3 is 2.65 bits per heavy atom. The molecule has 1 saturated carbocycles. The minimum atomic E-state index is -2.43. The second kappa shape index (κ2) is 7.64. The van der Waals surface area contributed by atoms with Crippen LogP contribution in [0.5, 0.6) is 0 Å². The van der Waals surface area contributed by atoms with E-state index in [2.05, 4.69) is 11.6 Å². The largest absolute Gasteiger partial charge is 0.306 e. The Balaban J connectivity index is 2.27. The summed E-state index contributed by atoms with van der Waals surface area (Å²) < 4.78 is 26.6. The number of rotatable bonds is 6. The molecule has 2 N–H and O–H groups in total. The number of alkyl halides is 2. The van der Waals surface area contributed by atoms with Gasteiger partial charge in [-0.3, -0.25) is 4.99 Å². The van der Waals surface area contributed by atoms with Gasteiger partial charge in [0.05, 0.1) is 0 Å². The van der Waals surface area contributed by atoms with Crippen molar-refractivity contribution in [3.8, 4) is 0 Å². The van der Waals surface area contributed by atoms with E-state index in [1.165, 1.54) is 0 Å². The van der Waals surface area contributed by atoms with E-state index in [1.54, 1.807) is 12.3 Å². The normalized spacial score (nSPS) is 23.6. The fraction of sp³-hybridized carbons (Fsp3) is 0.421. The molecule has 0 amide bonds. The van der Waals surface area contributed by atoms with E-state index >= 15 is 0 Å². The highest BCUT2D eigenvalue weighted by Gasteiger charge is 2.30. The van der Waals surface area contributed by atoms with Crippen LogP contribution >= 0.6 is 0 Å². The van der Waals surface area contributed by atoms with Crippen LogP contribution in [0.2, 0.25) is 0 Å². The molecule has 2 aliphatic rings. The SMILES string of the molecule is C=C1C=C(/C(C)=C/C=C(\C(=C\CC)C(F)F)C2CC2)C=NC1N. The highest BCUT2D eigenvalue weighted by molar-refractivity contribution is 5.87. The summed E-state index contributed by atoms with van der Waals surface area (Å²) in [7, 11) is 0. The maximum absolute atomic E-state index is 13.3. The van der Waals surface area contributed by atoms with Gasteiger partial charge in [0.2, 0.25) is 0 Å². The third-order valence-electron chi connectivity index (χ3n) is 4.07. The zero-order valence-electron chi connectivity index (χ0n) is 13.7. The van der Waals surface area contributed by atoms with Crippen LogP contribution < -0.4 is 5.73 Å². The quantitative estimate of drug-likeness (QED) is 0.707. The van der Waals surface area contributed by atoms with Gasteiger partial charge in [-0.1, -0.05) is 31.7 Å². The number of nitrogens with zero attached hydrogens (tertiary/aromatic N) is 1. The average molecular weight is 318 g/mol. The molecule has 1 heterocycles. The molecule has 1 unspecified atom stereocenters. The number of dihydropyridines is 1. The average Bonchev–Trinajstić information content (AvgIpc) is 3.33. The Morgan fingerprint density at radius 2 is 2.13 bits per heavy atom. The summed E-state index contributed by atoms with van der Waals surface area (Å²) in [5.41, 5.74) is 9.33. The fourth-order valence-corrected chi connectivity index (χ4v) is 2.52. The van der Waals surface area contributed by atoms with E-state index in [9.17, 15) is 8.78 Å². The smallest absolute Gasteiger partial charge is 0.263 e. The molecule has 0 bridgehead atoms. The molecule has 0 saturated heterocycles. The second-order valence-corrected chi connectivity index (χ2v) is 6.01. The zero-order chi connectivity index (χ0) is 17.0. The molecular formula is C19H24F2N2. The highest BCUT2D eigenvalue weighted by atomic mass is 19.3. The van der Waals surface area contributed by atoms with Crippen LogP contribution in [-0.4, -0.2) is 18.8 Å². The van der Waals surface area contributed by atoms with Crippen molar-refractivity contribution < 1.29 is 8.78 Å². The van der Waals surface area contributed by atoms with Gasteiger partial charge < -0.3 is 5.73 Å². The lowest BCUT2D eigenvalue weighted by molar-refractivity contribution is 0.191. The maximum Gasteiger partial charge on any atom is 0.263 e. The van der Waals surface area contributed by atoms with Crippen molar-refractivity contribution in [3.63, 3.8) is 0 Å². The molecule has 0 aromatic rings. The summed E-state index contributed by atoms with van der Waals surface area (Å²) in [5, 5.41) is 0. The molecule has 1 aliphatic carbocycles. The van der Waals surface area contributed by atoms with Gasteiger partial charge in [-0.05, 0) is 60.5 Å². The Bertz CT molecular complexity index is 617. The second-order valence-electron chi connectivity index (χ2n) is 6.01. The molecule has 0 radical (unpaired) electrons. The first-order valence-corrected chi connectivity index (χ1v) is 8.00. The van der Waals surface area contributed by atoms with Crippen molar-refractivity contribution in [2.75, 3.05) is 0 Å². The van der Waals surface area contributed by atoms with Crippen molar-refractivity contribution in [1.82, 2.24) is 0 Å². The van der Waals surface area contributed by atoms with Gasteiger partial charge in [0.15, 0.2) is 0 Å². The van der Waals surface area contributed by atoms with Gasteiger partial charge in [-0.25, -0.2) is 8.78 Å². The minimum Gasteiger partial charge on any atom is -0.306 e. The monoisotopic (exact) mass is 318 g/mol. The first kappa shape index (κ1) is 17.5. The molecule has 1 atom stereocenters. The summed E-state index contributed by atoms with van der Waals surface area (Å²) in [5.74, 6) is 0.267. The predicted molar refractivity (Wildman–Crippen MR) is 92.6 cm³/mol. The van der Waals surface area contributed by atoms with Crippen LogP contribution in [-0.2, 0) is 0 Å². The molecule has 2 nitrogen and oxygen atoms in total.